The predicted octanol–water partition coefficient (Wildman–Crippen LogP) is 7.39. The SMILES string of the molecule is C=C(C)CC1CCC(C2CCC(C3CCC(C)CC3)CC2)CC1. The van der Waals surface area contributed by atoms with Crippen LogP contribution in [0, 0.1) is 35.5 Å². The van der Waals surface area contributed by atoms with Gasteiger partial charge >= 0.3 is 0 Å². The highest BCUT2D eigenvalue weighted by molar-refractivity contribution is 4.92. The van der Waals surface area contributed by atoms with Crippen LogP contribution in [0.5, 0.6) is 0 Å². The van der Waals surface area contributed by atoms with Crippen LogP contribution in [0.1, 0.15) is 97.3 Å². The highest BCUT2D eigenvalue weighted by Gasteiger charge is 2.34. The lowest BCUT2D eigenvalue weighted by molar-refractivity contribution is 0.106. The lowest BCUT2D eigenvalue weighted by Crippen LogP contribution is -2.29. The van der Waals surface area contributed by atoms with E-state index in [1.54, 1.807) is 38.5 Å². The molecule has 3 aliphatic rings. The molecule has 23 heavy (non-hydrogen) atoms. The highest BCUT2D eigenvalue weighted by Crippen LogP contribution is 2.46. The van der Waals surface area contributed by atoms with Crippen molar-refractivity contribution in [3.05, 3.63) is 12.2 Å². The maximum atomic E-state index is 4.12. The second-order valence-electron chi connectivity index (χ2n) is 9.64. The van der Waals surface area contributed by atoms with Crippen molar-refractivity contribution in [3.63, 3.8) is 0 Å². The van der Waals surface area contributed by atoms with E-state index >= 15 is 0 Å². The molecule has 0 amide bonds. The second kappa shape index (κ2) is 8.21. The van der Waals surface area contributed by atoms with Gasteiger partial charge in [-0.2, -0.15) is 0 Å². The first-order valence-corrected chi connectivity index (χ1v) is 10.8. The molecule has 0 nitrogen and oxygen atoms in total. The molecular weight excluding hydrogens is 276 g/mol. The molecule has 0 aliphatic heterocycles. The molecule has 0 unspecified atom stereocenters. The number of allylic oxidation sites excluding steroid dienone is 1. The fraction of sp³-hybridized carbons (Fsp3) is 0.913. The van der Waals surface area contributed by atoms with E-state index in [0.29, 0.717) is 0 Å². The smallest absolute Gasteiger partial charge is 0.0297 e. The van der Waals surface area contributed by atoms with Crippen LogP contribution in [-0.4, -0.2) is 0 Å². The summed E-state index contributed by atoms with van der Waals surface area (Å²) in [5, 5.41) is 0. The molecule has 0 aromatic rings. The van der Waals surface area contributed by atoms with Gasteiger partial charge in [0.2, 0.25) is 0 Å². The quantitative estimate of drug-likeness (QED) is 0.474. The molecule has 0 aromatic heterocycles. The molecule has 3 fully saturated rings. The van der Waals surface area contributed by atoms with E-state index in [4.69, 9.17) is 0 Å². The predicted molar refractivity (Wildman–Crippen MR) is 101 cm³/mol. The largest absolute Gasteiger partial charge is 0.100 e. The van der Waals surface area contributed by atoms with Crippen molar-refractivity contribution in [1.82, 2.24) is 0 Å². The average molecular weight is 317 g/mol. The van der Waals surface area contributed by atoms with Crippen LogP contribution in [0.25, 0.3) is 0 Å². The van der Waals surface area contributed by atoms with Gasteiger partial charge in [0.25, 0.3) is 0 Å². The number of hydrogen-bond acceptors (Lipinski definition) is 0. The fourth-order valence-electron chi connectivity index (χ4n) is 6.20. The van der Waals surface area contributed by atoms with Gasteiger partial charge in [0.05, 0.1) is 0 Å². The standard InChI is InChI=1S/C23H40/c1-17(2)16-19-6-10-21(11-7-19)23-14-12-22(13-15-23)20-8-4-18(3)5-9-20/h18-23H,1,4-16H2,2-3H3. The van der Waals surface area contributed by atoms with E-state index in [2.05, 4.69) is 20.4 Å². The van der Waals surface area contributed by atoms with E-state index in [-0.39, 0.29) is 0 Å². The molecule has 3 saturated carbocycles. The van der Waals surface area contributed by atoms with Gasteiger partial charge in [-0.05, 0) is 113 Å². The van der Waals surface area contributed by atoms with Crippen LogP contribution >= 0.6 is 0 Å². The summed E-state index contributed by atoms with van der Waals surface area (Å²) in [7, 11) is 0. The monoisotopic (exact) mass is 316 g/mol. The van der Waals surface area contributed by atoms with Crippen LogP contribution < -0.4 is 0 Å². The Bertz CT molecular complexity index is 357. The molecule has 0 heteroatoms. The lowest BCUT2D eigenvalue weighted by atomic mass is 9.65. The molecule has 3 aliphatic carbocycles. The molecule has 0 N–H and O–H groups in total. The van der Waals surface area contributed by atoms with Crippen LogP contribution in [0.2, 0.25) is 0 Å². The van der Waals surface area contributed by atoms with E-state index in [1.165, 1.54) is 50.5 Å². The normalized spacial score (nSPS) is 42.3. The summed E-state index contributed by atoms with van der Waals surface area (Å²) in [4.78, 5) is 0. The first-order valence-electron chi connectivity index (χ1n) is 10.8. The molecule has 0 spiro atoms. The minimum absolute atomic E-state index is 0.962. The average Bonchev–Trinajstić information content (AvgIpc) is 2.56. The van der Waals surface area contributed by atoms with Crippen molar-refractivity contribution in [2.24, 2.45) is 35.5 Å². The van der Waals surface area contributed by atoms with Gasteiger partial charge in [0.1, 0.15) is 0 Å². The Morgan fingerprint density at radius 3 is 1.39 bits per heavy atom. The molecule has 0 bridgehead atoms. The maximum absolute atomic E-state index is 4.12. The fourth-order valence-corrected chi connectivity index (χ4v) is 6.20. The zero-order chi connectivity index (χ0) is 16.2. The Morgan fingerprint density at radius 1 is 0.652 bits per heavy atom. The Balaban J connectivity index is 1.39. The van der Waals surface area contributed by atoms with Crippen molar-refractivity contribution >= 4 is 0 Å². The Labute approximate surface area is 145 Å². The van der Waals surface area contributed by atoms with Gasteiger partial charge < -0.3 is 0 Å². The molecule has 132 valence electrons. The molecule has 0 aromatic carbocycles. The summed E-state index contributed by atoms with van der Waals surface area (Å²) in [6.45, 7) is 8.78. The number of hydrogen-bond donors (Lipinski definition) is 0. The number of rotatable bonds is 4. The summed E-state index contributed by atoms with van der Waals surface area (Å²) < 4.78 is 0. The third-order valence-corrected chi connectivity index (χ3v) is 7.74. The first-order chi connectivity index (χ1) is 11.1. The molecule has 3 rings (SSSR count). The van der Waals surface area contributed by atoms with Gasteiger partial charge in [0, 0.05) is 0 Å². The molecular formula is C23H40. The summed E-state index contributed by atoms with van der Waals surface area (Å²) in [6.07, 6.45) is 19.7. The van der Waals surface area contributed by atoms with Gasteiger partial charge in [-0.3, -0.25) is 0 Å². The molecule has 0 atom stereocenters. The zero-order valence-electron chi connectivity index (χ0n) is 15.9. The van der Waals surface area contributed by atoms with E-state index in [9.17, 15) is 0 Å². The van der Waals surface area contributed by atoms with Crippen LogP contribution in [0.4, 0.5) is 0 Å². The Hall–Kier alpha value is -0.260. The van der Waals surface area contributed by atoms with Crippen molar-refractivity contribution in [2.45, 2.75) is 97.3 Å². The summed E-state index contributed by atoms with van der Waals surface area (Å²) in [6, 6.07) is 0. The first kappa shape index (κ1) is 17.6. The van der Waals surface area contributed by atoms with Crippen molar-refractivity contribution in [2.75, 3.05) is 0 Å². The molecule has 0 heterocycles. The summed E-state index contributed by atoms with van der Waals surface area (Å²) in [5.41, 5.74) is 1.40. The summed E-state index contributed by atoms with van der Waals surface area (Å²) >= 11 is 0. The van der Waals surface area contributed by atoms with Crippen LogP contribution in [0.15, 0.2) is 12.2 Å². The van der Waals surface area contributed by atoms with Gasteiger partial charge in [0.15, 0.2) is 0 Å². The van der Waals surface area contributed by atoms with E-state index in [1.807, 2.05) is 0 Å². The van der Waals surface area contributed by atoms with Crippen LogP contribution in [0.3, 0.4) is 0 Å². The minimum Gasteiger partial charge on any atom is -0.100 e. The topological polar surface area (TPSA) is 0 Å². The van der Waals surface area contributed by atoms with E-state index < -0.39 is 0 Å². The molecule has 0 radical (unpaired) electrons. The van der Waals surface area contributed by atoms with Crippen molar-refractivity contribution < 1.29 is 0 Å². The minimum atomic E-state index is 0.962. The van der Waals surface area contributed by atoms with Gasteiger partial charge in [-0.25, -0.2) is 0 Å². The lowest BCUT2D eigenvalue weighted by Gasteiger charge is -2.41. The Morgan fingerprint density at radius 2 is 1.00 bits per heavy atom. The molecule has 0 saturated heterocycles. The van der Waals surface area contributed by atoms with Gasteiger partial charge in [-0.15, -0.1) is 6.58 Å². The third kappa shape index (κ3) is 4.86. The van der Waals surface area contributed by atoms with Crippen molar-refractivity contribution in [1.29, 1.82) is 0 Å². The highest BCUT2D eigenvalue weighted by atomic mass is 14.4. The zero-order valence-corrected chi connectivity index (χ0v) is 15.9. The van der Waals surface area contributed by atoms with Crippen molar-refractivity contribution in [3.8, 4) is 0 Å². The second-order valence-corrected chi connectivity index (χ2v) is 9.64. The maximum Gasteiger partial charge on any atom is -0.0297 e. The van der Waals surface area contributed by atoms with Crippen LogP contribution in [-0.2, 0) is 0 Å². The Kier molecular flexibility index (Phi) is 6.27. The van der Waals surface area contributed by atoms with Gasteiger partial charge in [-0.1, -0.05) is 25.3 Å². The van der Waals surface area contributed by atoms with E-state index in [0.717, 1.165) is 35.5 Å². The third-order valence-electron chi connectivity index (χ3n) is 7.74. The summed E-state index contributed by atoms with van der Waals surface area (Å²) in [5.74, 6) is 6.32.